The first-order valence-corrected chi connectivity index (χ1v) is 11.0. The first-order valence-electron chi connectivity index (χ1n) is 9.32. The molecule has 0 amide bonds. The molecule has 0 aliphatic rings. The smallest absolute Gasteiger partial charge is 0.388 e. The fourth-order valence-corrected chi connectivity index (χ4v) is 4.98. The van der Waals surface area contributed by atoms with Gasteiger partial charge in [0, 0.05) is 0 Å². The van der Waals surface area contributed by atoms with Gasteiger partial charge in [-0.3, -0.25) is 4.79 Å². The maximum absolute atomic E-state index is 14.3. The lowest BCUT2D eigenvalue weighted by Crippen LogP contribution is -2.65. The molecular weight excluding hydrogens is 662 g/mol. The number of carbonyl (C=O) groups is 2. The van der Waals surface area contributed by atoms with E-state index in [9.17, 15) is 88.6 Å². The molecular formula is C16H12F18O4S2. The van der Waals surface area contributed by atoms with E-state index in [1.165, 1.54) is 0 Å². The maximum Gasteiger partial charge on any atom is 0.388 e. The van der Waals surface area contributed by atoms with Crippen LogP contribution >= 0.6 is 23.5 Å². The Labute approximate surface area is 217 Å². The van der Waals surface area contributed by atoms with Crippen LogP contribution in [0.3, 0.4) is 0 Å². The first-order chi connectivity index (χ1) is 17.2. The predicted octanol–water partition coefficient (Wildman–Crippen LogP) is 7.42. The van der Waals surface area contributed by atoms with Crippen molar-refractivity contribution in [2.24, 2.45) is 0 Å². The second-order valence-electron chi connectivity index (χ2n) is 7.64. The van der Waals surface area contributed by atoms with Crippen molar-refractivity contribution in [1.29, 1.82) is 0 Å². The van der Waals surface area contributed by atoms with E-state index in [2.05, 4.69) is 0 Å². The van der Waals surface area contributed by atoms with Gasteiger partial charge >= 0.3 is 58.0 Å². The van der Waals surface area contributed by atoms with Gasteiger partial charge in [0.05, 0.1) is 6.42 Å². The molecule has 0 saturated heterocycles. The van der Waals surface area contributed by atoms with E-state index in [4.69, 9.17) is 10.2 Å². The zero-order valence-corrected chi connectivity index (χ0v) is 20.3. The van der Waals surface area contributed by atoms with Crippen molar-refractivity contribution in [2.75, 3.05) is 0 Å². The third-order valence-electron chi connectivity index (χ3n) is 4.65. The summed E-state index contributed by atoms with van der Waals surface area (Å²) >= 11 is -5.99. The van der Waals surface area contributed by atoms with Crippen LogP contribution in [0.25, 0.3) is 0 Å². The Balaban J connectivity index is 7.19. The van der Waals surface area contributed by atoms with Crippen LogP contribution in [-0.4, -0.2) is 84.6 Å². The lowest BCUT2D eigenvalue weighted by molar-refractivity contribution is -0.356. The fraction of sp³-hybridized carbons (Fsp3) is 0.875. The molecule has 0 aromatic rings. The average Bonchev–Trinajstić information content (AvgIpc) is 2.71. The van der Waals surface area contributed by atoms with Crippen LogP contribution in [-0.2, 0) is 9.59 Å². The molecule has 0 spiro atoms. The van der Waals surface area contributed by atoms with Crippen molar-refractivity contribution in [2.45, 2.75) is 82.7 Å². The van der Waals surface area contributed by atoms with E-state index in [1.54, 1.807) is 0 Å². The molecule has 0 rings (SSSR count). The molecule has 0 bridgehead atoms. The van der Waals surface area contributed by atoms with Crippen molar-refractivity contribution in [3.05, 3.63) is 0 Å². The molecule has 2 unspecified atom stereocenters. The molecule has 2 N–H and O–H groups in total. The Morgan fingerprint density at radius 1 is 0.575 bits per heavy atom. The van der Waals surface area contributed by atoms with Crippen molar-refractivity contribution in [1.82, 2.24) is 0 Å². The van der Waals surface area contributed by atoms with E-state index < -0.39 is 118 Å². The summed E-state index contributed by atoms with van der Waals surface area (Å²) in [5.41, 5.74) is 0. The normalized spacial score (nSPS) is 18.2. The molecule has 4 nitrogen and oxygen atoms in total. The number of aliphatic carboxylic acids is 2. The van der Waals surface area contributed by atoms with Gasteiger partial charge in [-0.2, -0.15) is 70.2 Å². The Kier molecular flexibility index (Phi) is 10.5. The standard InChI is InChI=1S/C16H12F18O4S2/c1-4(17)9(19,20)11(23,24)13(27,28)15(31,32)39-8(7(37)38,3-6(35)36)40-16(33,34)14(29,30)12(25,26)10(21,22)5(2)18/h4-5H,3H2,1-2H3,(H,35,36)(H,37,38). The van der Waals surface area contributed by atoms with Gasteiger partial charge in [-0.15, -0.1) is 0 Å². The van der Waals surface area contributed by atoms with Crippen LogP contribution in [0.5, 0.6) is 0 Å². The summed E-state index contributed by atoms with van der Waals surface area (Å²) in [5.74, 6) is -51.0. The number of hydrogen-bond acceptors (Lipinski definition) is 4. The van der Waals surface area contributed by atoms with Gasteiger partial charge in [0.1, 0.15) is 0 Å². The Morgan fingerprint density at radius 2 is 0.825 bits per heavy atom. The monoisotopic (exact) mass is 674 g/mol. The zero-order chi connectivity index (χ0) is 32.9. The minimum Gasteiger partial charge on any atom is -0.481 e. The van der Waals surface area contributed by atoms with E-state index in [0.29, 0.717) is 0 Å². The number of alkyl halides is 18. The molecule has 24 heteroatoms. The van der Waals surface area contributed by atoms with Crippen molar-refractivity contribution < 1.29 is 98.8 Å². The number of carboxylic acid groups (broad SMARTS) is 2. The Morgan fingerprint density at radius 3 is 1.00 bits per heavy atom. The number of halogens is 18. The molecule has 0 radical (unpaired) electrons. The molecule has 0 aliphatic heterocycles. The molecule has 40 heavy (non-hydrogen) atoms. The minimum atomic E-state index is -7.76. The molecule has 0 aliphatic carbocycles. The number of rotatable bonds is 15. The fourth-order valence-electron chi connectivity index (χ4n) is 2.28. The van der Waals surface area contributed by atoms with Crippen molar-refractivity contribution >= 4 is 35.5 Å². The molecule has 0 aromatic heterocycles. The average molecular weight is 674 g/mol. The van der Waals surface area contributed by atoms with Crippen LogP contribution in [0.1, 0.15) is 20.3 Å². The van der Waals surface area contributed by atoms with Gasteiger partial charge in [-0.05, 0) is 13.8 Å². The van der Waals surface area contributed by atoms with Crippen LogP contribution < -0.4 is 0 Å². The summed E-state index contributed by atoms with van der Waals surface area (Å²) < 4.78 is 241. The Hall–Kier alpha value is -1.62. The highest BCUT2D eigenvalue weighted by Crippen LogP contribution is 2.66. The second-order valence-corrected chi connectivity index (χ2v) is 10.7. The summed E-state index contributed by atoms with van der Waals surface area (Å²) in [6, 6.07) is 0. The van der Waals surface area contributed by atoms with E-state index in [0.717, 1.165) is 0 Å². The van der Waals surface area contributed by atoms with Crippen LogP contribution in [0, 0.1) is 0 Å². The minimum absolute atomic E-state index is 0.575. The number of hydrogen-bond donors (Lipinski definition) is 2. The number of carboxylic acids is 2. The zero-order valence-electron chi connectivity index (χ0n) is 18.7. The summed E-state index contributed by atoms with van der Waals surface area (Å²) in [7, 11) is 0. The van der Waals surface area contributed by atoms with Gasteiger partial charge in [0.25, 0.3) is 0 Å². The topological polar surface area (TPSA) is 74.6 Å². The molecule has 0 heterocycles. The first kappa shape index (κ1) is 38.4. The summed E-state index contributed by atoms with van der Waals surface area (Å²) in [5, 5.41) is 3.06. The summed E-state index contributed by atoms with van der Waals surface area (Å²) in [6.07, 6.45) is -11.9. The third-order valence-corrected chi connectivity index (χ3v) is 7.47. The van der Waals surface area contributed by atoms with Gasteiger partial charge in [-0.1, -0.05) is 23.5 Å². The Bertz CT molecular complexity index is 894. The van der Waals surface area contributed by atoms with Gasteiger partial charge in [0.2, 0.25) is 0 Å². The van der Waals surface area contributed by atoms with Crippen LogP contribution in [0.4, 0.5) is 79.0 Å². The summed E-state index contributed by atoms with van der Waals surface area (Å²) in [4.78, 5) is 22.3. The van der Waals surface area contributed by atoms with Crippen molar-refractivity contribution in [3.63, 3.8) is 0 Å². The SMILES string of the molecule is CC(F)C(F)(F)C(F)(F)C(F)(F)C(F)(F)SC(CC(=O)O)(SC(F)(F)C(F)(F)C(F)(F)C(F)(F)C(C)F)C(=O)O. The van der Waals surface area contributed by atoms with E-state index >= 15 is 0 Å². The largest absolute Gasteiger partial charge is 0.481 e. The lowest BCUT2D eigenvalue weighted by Gasteiger charge is -2.42. The van der Waals surface area contributed by atoms with Crippen LogP contribution in [0.2, 0.25) is 0 Å². The van der Waals surface area contributed by atoms with Gasteiger partial charge in [0.15, 0.2) is 16.4 Å². The predicted molar refractivity (Wildman–Crippen MR) is 98.5 cm³/mol. The highest BCUT2D eigenvalue weighted by molar-refractivity contribution is 8.20. The molecule has 238 valence electrons. The number of thioether (sulfide) groups is 2. The highest BCUT2D eigenvalue weighted by Gasteiger charge is 2.86. The second kappa shape index (κ2) is 10.9. The lowest BCUT2D eigenvalue weighted by atomic mass is 10.0. The molecule has 0 fully saturated rings. The third kappa shape index (κ3) is 5.96. The van der Waals surface area contributed by atoms with Gasteiger partial charge in [-0.25, -0.2) is 13.6 Å². The van der Waals surface area contributed by atoms with Gasteiger partial charge < -0.3 is 10.2 Å². The van der Waals surface area contributed by atoms with E-state index in [-0.39, 0.29) is 0 Å². The molecule has 0 aromatic carbocycles. The van der Waals surface area contributed by atoms with E-state index in [1.807, 2.05) is 0 Å². The highest BCUT2D eigenvalue weighted by atomic mass is 32.2. The maximum atomic E-state index is 14.3. The molecule has 0 saturated carbocycles. The van der Waals surface area contributed by atoms with Crippen LogP contribution in [0.15, 0.2) is 0 Å². The summed E-state index contributed by atoms with van der Waals surface area (Å²) in [6.45, 7) is -1.15. The molecule has 2 atom stereocenters. The quantitative estimate of drug-likeness (QED) is 0.139. The van der Waals surface area contributed by atoms with Crippen molar-refractivity contribution in [3.8, 4) is 0 Å².